The second-order valence-electron chi connectivity index (χ2n) is 11.2. The van der Waals surface area contributed by atoms with E-state index >= 15 is 0 Å². The molecule has 3 aliphatic rings. The van der Waals surface area contributed by atoms with E-state index in [1.54, 1.807) is 20.0 Å². The number of carbonyl (C=O) groups is 2. The Labute approximate surface area is 249 Å². The second-order valence-corrected chi connectivity index (χ2v) is 11.2. The van der Waals surface area contributed by atoms with Crippen molar-refractivity contribution in [1.29, 1.82) is 0 Å². The molecular formula is C35H43FN4O2. The van der Waals surface area contributed by atoms with Crippen LogP contribution in [0, 0.1) is 5.92 Å². The summed E-state index contributed by atoms with van der Waals surface area (Å²) in [4.78, 5) is 25.7. The van der Waals surface area contributed by atoms with Crippen molar-refractivity contribution >= 4 is 17.5 Å². The highest BCUT2D eigenvalue weighted by Gasteiger charge is 2.46. The van der Waals surface area contributed by atoms with Gasteiger partial charge in [0.2, 0.25) is 11.8 Å². The molecule has 4 rings (SSSR count). The minimum atomic E-state index is -0.238. The fourth-order valence-electron chi connectivity index (χ4n) is 5.34. The molecule has 1 fully saturated rings. The van der Waals surface area contributed by atoms with Crippen LogP contribution in [0.15, 0.2) is 106 Å². The summed E-state index contributed by atoms with van der Waals surface area (Å²) in [6, 6.07) is 10.2. The third kappa shape index (κ3) is 7.44. The maximum Gasteiger partial charge on any atom is 0.227 e. The standard InChI is InChI=1S/C35H43FN4O2/c1-6-26(15-16-30(36)7-2)32(23-33(41)37-5)39-40-20-17-27(21-25(40)4)31-22-28(14-13-24(31)3)34(42)38-35(18-19-35)29-11-9-8-10-12-29/h8-13,15-17,21-22,28H,6-7,14,18-20,23H2,1-5H3,(H,37,41)(H,38,42)/b26-15+,30-16+,39-32+. The van der Waals surface area contributed by atoms with Crippen molar-refractivity contribution in [3.63, 3.8) is 0 Å². The van der Waals surface area contributed by atoms with Crippen molar-refractivity contribution in [1.82, 2.24) is 15.6 Å². The molecule has 1 aliphatic heterocycles. The van der Waals surface area contributed by atoms with E-state index in [1.165, 1.54) is 11.6 Å². The van der Waals surface area contributed by atoms with Crippen molar-refractivity contribution in [3.8, 4) is 0 Å². The molecule has 6 nitrogen and oxygen atoms in total. The molecule has 7 heteroatoms. The van der Waals surface area contributed by atoms with E-state index in [9.17, 15) is 14.0 Å². The van der Waals surface area contributed by atoms with Gasteiger partial charge in [-0.15, -0.1) is 0 Å². The third-order valence-electron chi connectivity index (χ3n) is 8.22. The molecule has 0 spiro atoms. The van der Waals surface area contributed by atoms with Crippen LogP contribution in [0.25, 0.3) is 0 Å². The van der Waals surface area contributed by atoms with Gasteiger partial charge in [0.05, 0.1) is 36.0 Å². The van der Waals surface area contributed by atoms with Gasteiger partial charge >= 0.3 is 0 Å². The molecule has 1 aromatic rings. The normalized spacial score (nSPS) is 20.7. The van der Waals surface area contributed by atoms with Gasteiger partial charge in [-0.1, -0.05) is 68.5 Å². The Morgan fingerprint density at radius 3 is 2.45 bits per heavy atom. The highest BCUT2D eigenvalue weighted by atomic mass is 19.1. The molecule has 2 amide bonds. The lowest BCUT2D eigenvalue weighted by Crippen LogP contribution is -2.39. The first-order valence-corrected chi connectivity index (χ1v) is 15.0. The minimum absolute atomic E-state index is 0.0622. The Bertz CT molecular complexity index is 1410. The van der Waals surface area contributed by atoms with Crippen molar-refractivity contribution in [2.24, 2.45) is 11.0 Å². The fraction of sp³-hybridized carbons (Fsp3) is 0.400. The summed E-state index contributed by atoms with van der Waals surface area (Å²) in [6.45, 7) is 8.33. The van der Waals surface area contributed by atoms with Crippen LogP contribution in [0.4, 0.5) is 4.39 Å². The SMILES string of the molecule is CC\C(F)=C/C=C(CC)/C(CC(=O)NC)=N/N1CC=C(C2=CC(C(=O)NC3(c4ccccc4)CC3)CC=C2C)C=C1C. The maximum atomic E-state index is 13.9. The van der Waals surface area contributed by atoms with Crippen molar-refractivity contribution in [2.45, 2.75) is 71.8 Å². The molecular weight excluding hydrogens is 527 g/mol. The summed E-state index contributed by atoms with van der Waals surface area (Å²) in [7, 11) is 1.60. The number of nitrogens with zero attached hydrogens (tertiary/aromatic N) is 2. The average Bonchev–Trinajstić information content (AvgIpc) is 3.79. The summed E-state index contributed by atoms with van der Waals surface area (Å²) in [6.07, 6.45) is 15.3. The molecule has 222 valence electrons. The number of rotatable bonds is 11. The molecule has 0 bridgehead atoms. The Morgan fingerprint density at radius 2 is 1.83 bits per heavy atom. The van der Waals surface area contributed by atoms with Crippen LogP contribution in [0.1, 0.15) is 71.8 Å². The largest absolute Gasteiger partial charge is 0.359 e. The predicted molar refractivity (Wildman–Crippen MR) is 168 cm³/mol. The molecule has 2 N–H and O–H groups in total. The zero-order valence-electron chi connectivity index (χ0n) is 25.5. The number of nitrogens with one attached hydrogen (secondary N) is 2. The summed E-state index contributed by atoms with van der Waals surface area (Å²) >= 11 is 0. The number of halogens is 1. The van der Waals surface area contributed by atoms with Crippen LogP contribution in [-0.4, -0.2) is 36.1 Å². The molecule has 42 heavy (non-hydrogen) atoms. The van der Waals surface area contributed by atoms with E-state index in [2.05, 4.69) is 54.0 Å². The van der Waals surface area contributed by atoms with E-state index < -0.39 is 0 Å². The van der Waals surface area contributed by atoms with Crippen LogP contribution in [0.2, 0.25) is 0 Å². The predicted octanol–water partition coefficient (Wildman–Crippen LogP) is 6.92. The number of hydrogen-bond donors (Lipinski definition) is 2. The zero-order valence-corrected chi connectivity index (χ0v) is 25.5. The van der Waals surface area contributed by atoms with Gasteiger partial charge in [0.15, 0.2) is 0 Å². The molecule has 0 saturated heterocycles. The van der Waals surface area contributed by atoms with Crippen molar-refractivity contribution < 1.29 is 14.0 Å². The molecule has 2 aliphatic carbocycles. The first kappa shape index (κ1) is 30.9. The Balaban J connectivity index is 1.53. The van der Waals surface area contributed by atoms with Gasteiger partial charge in [0, 0.05) is 12.7 Å². The highest BCUT2D eigenvalue weighted by Crippen LogP contribution is 2.46. The van der Waals surface area contributed by atoms with Gasteiger partial charge in [-0.25, -0.2) is 4.39 Å². The summed E-state index contributed by atoms with van der Waals surface area (Å²) in [5, 5.41) is 12.7. The number of allylic oxidation sites excluding steroid dienone is 10. The molecule has 1 atom stereocenters. The molecule has 0 radical (unpaired) electrons. The fourth-order valence-corrected chi connectivity index (χ4v) is 5.34. The topological polar surface area (TPSA) is 73.8 Å². The van der Waals surface area contributed by atoms with Crippen LogP contribution in [0.3, 0.4) is 0 Å². The lowest BCUT2D eigenvalue weighted by Gasteiger charge is -2.28. The summed E-state index contributed by atoms with van der Waals surface area (Å²) < 4.78 is 13.9. The van der Waals surface area contributed by atoms with E-state index in [0.717, 1.165) is 40.8 Å². The molecule has 1 aromatic carbocycles. The minimum Gasteiger partial charge on any atom is -0.359 e. The molecule has 0 aromatic heterocycles. The molecule has 1 unspecified atom stereocenters. The number of benzene rings is 1. The van der Waals surface area contributed by atoms with Crippen LogP contribution in [0.5, 0.6) is 0 Å². The Morgan fingerprint density at radius 1 is 1.10 bits per heavy atom. The highest BCUT2D eigenvalue weighted by molar-refractivity contribution is 6.10. The van der Waals surface area contributed by atoms with E-state index in [0.29, 0.717) is 31.5 Å². The quantitative estimate of drug-likeness (QED) is 0.224. The summed E-state index contributed by atoms with van der Waals surface area (Å²) in [5.74, 6) is -0.540. The van der Waals surface area contributed by atoms with Gasteiger partial charge < -0.3 is 10.6 Å². The first-order chi connectivity index (χ1) is 20.2. The van der Waals surface area contributed by atoms with Gasteiger partial charge in [-0.3, -0.25) is 14.6 Å². The van der Waals surface area contributed by atoms with Gasteiger partial charge in [-0.2, -0.15) is 5.10 Å². The van der Waals surface area contributed by atoms with Crippen molar-refractivity contribution in [2.75, 3.05) is 13.6 Å². The van der Waals surface area contributed by atoms with Gasteiger partial charge in [0.25, 0.3) is 0 Å². The van der Waals surface area contributed by atoms with Crippen LogP contribution < -0.4 is 10.6 Å². The Kier molecular flexibility index (Phi) is 10.2. The molecule has 1 saturated carbocycles. The summed E-state index contributed by atoms with van der Waals surface area (Å²) in [5.41, 5.74) is 6.55. The van der Waals surface area contributed by atoms with E-state index in [-0.39, 0.29) is 35.5 Å². The van der Waals surface area contributed by atoms with E-state index in [1.807, 2.05) is 37.1 Å². The smallest absolute Gasteiger partial charge is 0.227 e. The number of carbonyl (C=O) groups excluding carboxylic acids is 2. The first-order valence-electron chi connectivity index (χ1n) is 15.0. The van der Waals surface area contributed by atoms with Gasteiger partial charge in [-0.05, 0) is 86.0 Å². The molecule has 1 heterocycles. The maximum absolute atomic E-state index is 13.9. The third-order valence-corrected chi connectivity index (χ3v) is 8.22. The zero-order chi connectivity index (χ0) is 30.3. The Hall–Kier alpha value is -4.00. The number of hydrogen-bond acceptors (Lipinski definition) is 4. The monoisotopic (exact) mass is 570 g/mol. The van der Waals surface area contributed by atoms with Crippen molar-refractivity contribution in [3.05, 3.63) is 106 Å². The second kappa shape index (κ2) is 13.8. The lowest BCUT2D eigenvalue weighted by molar-refractivity contribution is -0.124. The average molecular weight is 571 g/mol. The lowest BCUT2D eigenvalue weighted by atomic mass is 9.85. The number of hydrazone groups is 1. The van der Waals surface area contributed by atoms with Gasteiger partial charge in [0.1, 0.15) is 0 Å². The number of amides is 2. The van der Waals surface area contributed by atoms with E-state index in [4.69, 9.17) is 5.10 Å². The van der Waals surface area contributed by atoms with Crippen LogP contribution in [-0.2, 0) is 15.1 Å². The van der Waals surface area contributed by atoms with Crippen LogP contribution >= 0.6 is 0 Å².